The Kier molecular flexibility index (Phi) is 6.49. The van der Waals surface area contributed by atoms with Crippen LogP contribution in [0.15, 0.2) is 60.8 Å². The first kappa shape index (κ1) is 23.7. The van der Waals surface area contributed by atoms with Gasteiger partial charge in [0.25, 0.3) is 5.91 Å². The van der Waals surface area contributed by atoms with Crippen LogP contribution < -0.4 is 5.73 Å². The minimum Gasteiger partial charge on any atom is -0.382 e. The van der Waals surface area contributed by atoms with Crippen molar-refractivity contribution in [3.05, 3.63) is 83.1 Å². The molecule has 3 atom stereocenters. The zero-order valence-electron chi connectivity index (χ0n) is 20.4. The largest absolute Gasteiger partial charge is 0.382 e. The number of hydrogen-bond donors (Lipinski definition) is 2. The molecule has 2 aromatic rings. The van der Waals surface area contributed by atoms with Crippen LogP contribution >= 0.6 is 0 Å². The molecule has 2 heterocycles. The zero-order valence-corrected chi connectivity index (χ0v) is 20.4. The topological polar surface area (TPSA) is 90.1 Å². The van der Waals surface area contributed by atoms with Crippen molar-refractivity contribution in [2.45, 2.75) is 69.9 Å². The summed E-state index contributed by atoms with van der Waals surface area (Å²) in [4.78, 5) is 28.1. The van der Waals surface area contributed by atoms with E-state index in [4.69, 9.17) is 5.73 Å². The van der Waals surface area contributed by atoms with Crippen molar-refractivity contribution in [3.8, 4) is 0 Å². The second-order valence-electron chi connectivity index (χ2n) is 9.92. The van der Waals surface area contributed by atoms with Gasteiger partial charge in [-0.05, 0) is 68.3 Å². The molecular weight excluding hydrogens is 440 g/mol. The Morgan fingerprint density at radius 1 is 1.00 bits per heavy atom. The van der Waals surface area contributed by atoms with E-state index in [9.17, 15) is 14.7 Å². The van der Waals surface area contributed by atoms with Crippen LogP contribution in [0.2, 0.25) is 0 Å². The van der Waals surface area contributed by atoms with Crippen molar-refractivity contribution in [2.75, 3.05) is 6.54 Å². The monoisotopic (exact) mass is 474 g/mol. The molecule has 3 unspecified atom stereocenters. The van der Waals surface area contributed by atoms with E-state index in [2.05, 4.69) is 53.5 Å². The normalized spacial score (nSPS) is 24.9. The molecule has 0 bridgehead atoms. The second-order valence-corrected chi connectivity index (χ2v) is 9.92. The Bertz CT molecular complexity index is 1100. The van der Waals surface area contributed by atoms with Crippen molar-refractivity contribution in [1.29, 1.82) is 0 Å². The minimum atomic E-state index is -1.41. The first-order valence-electron chi connectivity index (χ1n) is 12.6. The predicted octanol–water partition coefficient (Wildman–Crippen LogP) is 2.54. The molecule has 184 valence electrons. The number of rotatable bonds is 5. The SMILES string of the molecule is CC(C)N1C(=O)C2C(O)C(=O)C=CN2N(C2c3ccccc3CCc3ccccc32)C1CCCN. The molecule has 1 fully saturated rings. The third-order valence-corrected chi connectivity index (χ3v) is 7.52. The number of ketones is 1. The van der Waals surface area contributed by atoms with Gasteiger partial charge in [0.1, 0.15) is 12.3 Å². The smallest absolute Gasteiger partial charge is 0.251 e. The molecule has 0 saturated carbocycles. The second kappa shape index (κ2) is 9.57. The number of hydrogen-bond acceptors (Lipinski definition) is 6. The van der Waals surface area contributed by atoms with Gasteiger partial charge in [0.05, 0.1) is 6.04 Å². The van der Waals surface area contributed by atoms with Crippen LogP contribution in [0.25, 0.3) is 0 Å². The van der Waals surface area contributed by atoms with E-state index in [1.54, 1.807) is 6.20 Å². The lowest BCUT2D eigenvalue weighted by atomic mass is 9.91. The van der Waals surface area contributed by atoms with E-state index in [1.165, 1.54) is 28.3 Å². The van der Waals surface area contributed by atoms with Gasteiger partial charge in [0.2, 0.25) is 0 Å². The van der Waals surface area contributed by atoms with Gasteiger partial charge >= 0.3 is 0 Å². The molecular formula is C28H34N4O3. The molecule has 0 spiro atoms. The Balaban J connectivity index is 1.76. The lowest BCUT2D eigenvalue weighted by molar-refractivity contribution is -0.210. The van der Waals surface area contributed by atoms with Gasteiger partial charge in [-0.15, -0.1) is 0 Å². The Morgan fingerprint density at radius 3 is 2.17 bits per heavy atom. The molecule has 2 aliphatic heterocycles. The molecule has 2 aromatic carbocycles. The maximum Gasteiger partial charge on any atom is 0.251 e. The lowest BCUT2D eigenvalue weighted by Crippen LogP contribution is -2.73. The number of hydrazine groups is 1. The molecule has 35 heavy (non-hydrogen) atoms. The average molecular weight is 475 g/mol. The van der Waals surface area contributed by atoms with Gasteiger partial charge in [-0.25, -0.2) is 0 Å². The Labute approximate surface area is 206 Å². The number of aryl methyl sites for hydroxylation is 2. The maximum absolute atomic E-state index is 13.8. The summed E-state index contributed by atoms with van der Waals surface area (Å²) in [5, 5.41) is 15.0. The molecule has 1 aliphatic carbocycles. The molecule has 3 N–H and O–H groups in total. The first-order chi connectivity index (χ1) is 16.9. The number of carbonyl (C=O) groups is 2. The minimum absolute atomic E-state index is 0.112. The molecule has 0 radical (unpaired) electrons. The van der Waals surface area contributed by atoms with Crippen LogP contribution in [0.5, 0.6) is 0 Å². The fourth-order valence-electron chi connectivity index (χ4n) is 5.95. The summed E-state index contributed by atoms with van der Waals surface area (Å²) < 4.78 is 0. The fourth-order valence-corrected chi connectivity index (χ4v) is 5.95. The van der Waals surface area contributed by atoms with Crippen molar-refractivity contribution >= 4 is 11.7 Å². The highest BCUT2D eigenvalue weighted by Crippen LogP contribution is 2.43. The molecule has 7 heteroatoms. The number of fused-ring (bicyclic) bond motifs is 3. The zero-order chi connectivity index (χ0) is 24.7. The van der Waals surface area contributed by atoms with Crippen LogP contribution in [0, 0.1) is 0 Å². The van der Waals surface area contributed by atoms with E-state index >= 15 is 0 Å². The van der Waals surface area contributed by atoms with Crippen molar-refractivity contribution in [2.24, 2.45) is 5.73 Å². The molecule has 7 nitrogen and oxygen atoms in total. The number of nitrogens with two attached hydrogens (primary N) is 1. The summed E-state index contributed by atoms with van der Waals surface area (Å²) in [7, 11) is 0. The predicted molar refractivity (Wildman–Crippen MR) is 134 cm³/mol. The summed E-state index contributed by atoms with van der Waals surface area (Å²) >= 11 is 0. The van der Waals surface area contributed by atoms with Crippen molar-refractivity contribution < 1.29 is 14.7 Å². The third kappa shape index (κ3) is 3.97. The Morgan fingerprint density at radius 2 is 1.60 bits per heavy atom. The quantitative estimate of drug-likeness (QED) is 0.692. The molecule has 1 amide bonds. The summed E-state index contributed by atoms with van der Waals surface area (Å²) in [5.41, 5.74) is 10.9. The van der Waals surface area contributed by atoms with Crippen LogP contribution in [0.3, 0.4) is 0 Å². The molecule has 1 saturated heterocycles. The van der Waals surface area contributed by atoms with Crippen LogP contribution in [-0.4, -0.2) is 62.6 Å². The fraction of sp³-hybridized carbons (Fsp3) is 0.429. The first-order valence-corrected chi connectivity index (χ1v) is 12.6. The van der Waals surface area contributed by atoms with Gasteiger partial charge in [-0.1, -0.05) is 48.5 Å². The Hall–Kier alpha value is -3.00. The molecule has 0 aromatic heterocycles. The highest BCUT2D eigenvalue weighted by molar-refractivity contribution is 6.00. The third-order valence-electron chi connectivity index (χ3n) is 7.52. The molecule has 3 aliphatic rings. The van der Waals surface area contributed by atoms with E-state index in [0.717, 1.165) is 19.3 Å². The number of carbonyl (C=O) groups excluding carboxylic acids is 2. The van der Waals surface area contributed by atoms with Gasteiger partial charge in [-0.3, -0.25) is 14.6 Å². The number of nitrogens with zero attached hydrogens (tertiary/aromatic N) is 3. The summed E-state index contributed by atoms with van der Waals surface area (Å²) in [6.07, 6.45) is 4.66. The van der Waals surface area contributed by atoms with E-state index in [-0.39, 0.29) is 24.2 Å². The van der Waals surface area contributed by atoms with Crippen LogP contribution in [0.1, 0.15) is 55.0 Å². The van der Waals surface area contributed by atoms with Crippen molar-refractivity contribution in [3.63, 3.8) is 0 Å². The number of amides is 1. The summed E-state index contributed by atoms with van der Waals surface area (Å²) in [5.74, 6) is -0.663. The highest BCUT2D eigenvalue weighted by atomic mass is 16.3. The lowest BCUT2D eigenvalue weighted by Gasteiger charge is -2.58. The average Bonchev–Trinajstić information content (AvgIpc) is 3.01. The van der Waals surface area contributed by atoms with Gasteiger partial charge in [0, 0.05) is 18.3 Å². The van der Waals surface area contributed by atoms with E-state index in [1.807, 2.05) is 23.8 Å². The molecule has 5 rings (SSSR count). The van der Waals surface area contributed by atoms with Crippen molar-refractivity contribution in [1.82, 2.24) is 14.9 Å². The standard InChI is InChI=1S/C28H34N4O3/c1-18(2)31-24(12-7-16-29)32(30-17-15-23(33)27(34)26(30)28(31)35)25-21-10-5-3-8-19(21)13-14-20-9-4-6-11-22(20)25/h3-6,8-11,15,17-18,24-27,34H,7,12-14,16,29H2,1-2H3. The van der Waals surface area contributed by atoms with Crippen LogP contribution in [-0.2, 0) is 22.4 Å². The van der Waals surface area contributed by atoms with E-state index < -0.39 is 17.9 Å². The number of benzene rings is 2. The van der Waals surface area contributed by atoms with Gasteiger partial charge in [0.15, 0.2) is 11.8 Å². The number of aliphatic hydroxyl groups excluding tert-OH is 1. The summed E-state index contributed by atoms with van der Waals surface area (Å²) in [6.45, 7) is 4.49. The number of aliphatic hydroxyl groups is 1. The van der Waals surface area contributed by atoms with E-state index in [0.29, 0.717) is 13.0 Å². The summed E-state index contributed by atoms with van der Waals surface area (Å²) in [6, 6.07) is 15.7. The van der Waals surface area contributed by atoms with Gasteiger partial charge in [-0.2, -0.15) is 5.01 Å². The van der Waals surface area contributed by atoms with Gasteiger partial charge < -0.3 is 15.7 Å². The highest BCUT2D eigenvalue weighted by Gasteiger charge is 2.53. The van der Waals surface area contributed by atoms with Crippen LogP contribution in [0.4, 0.5) is 0 Å². The maximum atomic E-state index is 13.8.